The summed E-state index contributed by atoms with van der Waals surface area (Å²) in [4.78, 5) is 72.9. The van der Waals surface area contributed by atoms with Gasteiger partial charge in [-0.1, -0.05) is 375 Å². The first-order valence-electron chi connectivity index (χ1n) is 42.0. The van der Waals surface area contributed by atoms with Crippen LogP contribution in [-0.4, -0.2) is 96.7 Å². The van der Waals surface area contributed by atoms with Crippen molar-refractivity contribution >= 4 is 39.5 Å². The summed E-state index contributed by atoms with van der Waals surface area (Å²) in [5.74, 6) is -0.718. The van der Waals surface area contributed by atoms with Crippen molar-refractivity contribution in [3.05, 3.63) is 0 Å². The molecule has 100 heavy (non-hydrogen) atoms. The molecule has 0 saturated carbocycles. The average Bonchev–Trinajstić information content (AvgIpc) is 0.922. The van der Waals surface area contributed by atoms with E-state index in [-0.39, 0.29) is 25.7 Å². The Morgan fingerprint density at radius 2 is 0.510 bits per heavy atom. The van der Waals surface area contributed by atoms with Gasteiger partial charge in [-0.25, -0.2) is 9.13 Å². The van der Waals surface area contributed by atoms with Crippen LogP contribution < -0.4 is 0 Å². The van der Waals surface area contributed by atoms with Crippen molar-refractivity contribution < 1.29 is 80.2 Å². The lowest BCUT2D eigenvalue weighted by Gasteiger charge is -2.21. The predicted molar refractivity (Wildman–Crippen MR) is 409 cm³/mol. The number of phosphoric acid groups is 2. The molecule has 0 rings (SSSR count). The maximum Gasteiger partial charge on any atom is 0.472 e. The molecule has 0 amide bonds. The van der Waals surface area contributed by atoms with Crippen molar-refractivity contribution in [2.45, 2.75) is 445 Å². The number of phosphoric ester groups is 2. The van der Waals surface area contributed by atoms with E-state index in [0.29, 0.717) is 31.6 Å². The lowest BCUT2D eigenvalue weighted by molar-refractivity contribution is -0.161. The number of hydrogen-bond donors (Lipinski definition) is 3. The maximum absolute atomic E-state index is 13.1. The van der Waals surface area contributed by atoms with Crippen LogP contribution in [0.25, 0.3) is 0 Å². The highest BCUT2D eigenvalue weighted by Gasteiger charge is 2.30. The first kappa shape index (κ1) is 98.1. The highest BCUT2D eigenvalue weighted by Crippen LogP contribution is 2.45. The molecular weight excluding hydrogens is 1310 g/mol. The van der Waals surface area contributed by atoms with Crippen LogP contribution in [0.1, 0.15) is 427 Å². The van der Waals surface area contributed by atoms with Gasteiger partial charge in [0, 0.05) is 25.7 Å². The standard InChI is InChI=1S/C81H158O17P2/c1-7-10-12-14-16-18-20-22-24-26-28-30-32-34-36-38-40-42-44-53-59-65-80(85)97-76(69-91-78(83)63-57-51-43-41-39-37-35-33-31-29-27-25-23-21-19-17-15-13-11-8-2)71-95-99(87,88)93-67-75(82)68-94-100(89,90)96-72-77(70-92-79(84)64-58-52-47-45-49-55-61-73(4)5)98-81(86)66-60-54-48-46-50-56-62-74(6)9-3/h73-77,82H,7-72H2,1-6H3,(H,87,88)(H,89,90)/t74?,75-,76-,77-/m1/s1. The molecule has 0 aliphatic carbocycles. The Kier molecular flexibility index (Phi) is 71.2. The van der Waals surface area contributed by atoms with Crippen molar-refractivity contribution in [1.82, 2.24) is 0 Å². The number of unbranched alkanes of at least 4 members (excludes halogenated alkanes) is 49. The number of aliphatic hydroxyl groups excluding tert-OH is 1. The first-order valence-corrected chi connectivity index (χ1v) is 45.0. The second-order valence-corrected chi connectivity index (χ2v) is 32.8. The summed E-state index contributed by atoms with van der Waals surface area (Å²) in [7, 11) is -9.92. The van der Waals surface area contributed by atoms with Crippen LogP contribution in [0.15, 0.2) is 0 Å². The second-order valence-electron chi connectivity index (χ2n) is 29.9. The van der Waals surface area contributed by atoms with Crippen LogP contribution in [0.5, 0.6) is 0 Å². The van der Waals surface area contributed by atoms with Gasteiger partial charge in [0.1, 0.15) is 19.3 Å². The fraction of sp³-hybridized carbons (Fsp3) is 0.951. The molecule has 3 N–H and O–H groups in total. The van der Waals surface area contributed by atoms with Crippen molar-refractivity contribution in [2.24, 2.45) is 11.8 Å². The number of carbonyl (C=O) groups excluding carboxylic acids is 4. The third-order valence-electron chi connectivity index (χ3n) is 19.3. The largest absolute Gasteiger partial charge is 0.472 e. The van der Waals surface area contributed by atoms with E-state index in [1.807, 2.05) is 0 Å². The van der Waals surface area contributed by atoms with Crippen LogP contribution in [0, 0.1) is 11.8 Å². The monoisotopic (exact) mass is 1470 g/mol. The summed E-state index contributed by atoms with van der Waals surface area (Å²) in [6, 6.07) is 0. The number of hydrogen-bond acceptors (Lipinski definition) is 15. The number of rotatable bonds is 80. The molecule has 0 saturated heterocycles. The molecule has 594 valence electrons. The topological polar surface area (TPSA) is 237 Å². The second kappa shape index (κ2) is 72.6. The van der Waals surface area contributed by atoms with Crippen LogP contribution in [0.3, 0.4) is 0 Å². The SMILES string of the molecule is CCCCCCCCCCCCCCCCCCCCCCCC(=O)O[C@H](COC(=O)CCCCCCCCCCCCCCCCCCCCCC)COP(=O)(O)OC[C@@H](O)COP(=O)(O)OC[C@@H](COC(=O)CCCCCCCCC(C)C)OC(=O)CCCCCCCCC(C)CC. The summed E-state index contributed by atoms with van der Waals surface area (Å²) in [6.07, 6.45) is 63.0. The Balaban J connectivity index is 5.17. The van der Waals surface area contributed by atoms with Crippen LogP contribution in [0.2, 0.25) is 0 Å². The van der Waals surface area contributed by atoms with Gasteiger partial charge in [-0.05, 0) is 37.5 Å². The average molecular weight is 1470 g/mol. The minimum atomic E-state index is -4.96. The van der Waals surface area contributed by atoms with E-state index in [2.05, 4.69) is 41.5 Å². The molecule has 19 heteroatoms. The molecule has 0 aliphatic heterocycles. The third-order valence-corrected chi connectivity index (χ3v) is 21.2. The zero-order valence-electron chi connectivity index (χ0n) is 65.5. The van der Waals surface area contributed by atoms with E-state index < -0.39 is 97.5 Å². The summed E-state index contributed by atoms with van der Waals surface area (Å²) in [5, 5.41) is 10.6. The van der Waals surface area contributed by atoms with Crippen molar-refractivity contribution in [3.8, 4) is 0 Å². The highest BCUT2D eigenvalue weighted by molar-refractivity contribution is 7.47. The molecule has 0 fully saturated rings. The molecule has 6 atom stereocenters. The predicted octanol–water partition coefficient (Wildman–Crippen LogP) is 24.3. The van der Waals surface area contributed by atoms with E-state index in [0.717, 1.165) is 102 Å². The zero-order chi connectivity index (χ0) is 73.5. The Morgan fingerprint density at radius 3 is 0.760 bits per heavy atom. The van der Waals surface area contributed by atoms with Crippen LogP contribution >= 0.6 is 15.6 Å². The number of esters is 4. The van der Waals surface area contributed by atoms with E-state index in [1.54, 1.807) is 0 Å². The van der Waals surface area contributed by atoms with Gasteiger partial charge < -0.3 is 33.8 Å². The summed E-state index contributed by atoms with van der Waals surface area (Å²) < 4.78 is 68.6. The van der Waals surface area contributed by atoms with Crippen molar-refractivity contribution in [3.63, 3.8) is 0 Å². The van der Waals surface area contributed by atoms with Gasteiger partial charge in [0.05, 0.1) is 26.4 Å². The molecule has 0 spiro atoms. The van der Waals surface area contributed by atoms with Crippen molar-refractivity contribution in [2.75, 3.05) is 39.6 Å². The molecular formula is C81H158O17P2. The molecule has 0 aliphatic rings. The lowest BCUT2D eigenvalue weighted by Crippen LogP contribution is -2.30. The fourth-order valence-electron chi connectivity index (χ4n) is 12.5. The highest BCUT2D eigenvalue weighted by atomic mass is 31.2. The Hall–Kier alpha value is -1.94. The van der Waals surface area contributed by atoms with E-state index in [1.165, 1.54) is 238 Å². The number of carbonyl (C=O) groups is 4. The molecule has 0 aromatic rings. The van der Waals surface area contributed by atoms with Gasteiger partial charge in [-0.2, -0.15) is 0 Å². The lowest BCUT2D eigenvalue weighted by atomic mass is 10.00. The zero-order valence-corrected chi connectivity index (χ0v) is 67.3. The Labute approximate surface area is 613 Å². The minimum absolute atomic E-state index is 0.102. The van der Waals surface area contributed by atoms with Gasteiger partial charge in [-0.15, -0.1) is 0 Å². The summed E-state index contributed by atoms with van der Waals surface area (Å²) in [5.41, 5.74) is 0. The number of aliphatic hydroxyl groups is 1. The van der Waals surface area contributed by atoms with Gasteiger partial charge >= 0.3 is 39.5 Å². The van der Waals surface area contributed by atoms with Crippen molar-refractivity contribution in [1.29, 1.82) is 0 Å². The van der Waals surface area contributed by atoms with Gasteiger partial charge in [0.2, 0.25) is 0 Å². The Morgan fingerprint density at radius 1 is 0.290 bits per heavy atom. The molecule has 0 heterocycles. The maximum atomic E-state index is 13.1. The smallest absolute Gasteiger partial charge is 0.462 e. The molecule has 0 bridgehead atoms. The molecule has 17 nitrogen and oxygen atoms in total. The van der Waals surface area contributed by atoms with Gasteiger partial charge in [-0.3, -0.25) is 37.3 Å². The molecule has 3 unspecified atom stereocenters. The third kappa shape index (κ3) is 73.0. The van der Waals surface area contributed by atoms with E-state index in [4.69, 9.17) is 37.0 Å². The van der Waals surface area contributed by atoms with Crippen LogP contribution in [-0.2, 0) is 65.4 Å². The van der Waals surface area contributed by atoms with E-state index in [9.17, 15) is 43.2 Å². The van der Waals surface area contributed by atoms with Gasteiger partial charge in [0.25, 0.3) is 0 Å². The summed E-state index contributed by atoms with van der Waals surface area (Å²) >= 11 is 0. The van der Waals surface area contributed by atoms with Crippen LogP contribution in [0.4, 0.5) is 0 Å². The Bertz CT molecular complexity index is 1930. The quantitative estimate of drug-likeness (QED) is 0.0222. The first-order chi connectivity index (χ1) is 48.4. The molecule has 0 aromatic heterocycles. The number of ether oxygens (including phenoxy) is 4. The normalized spacial score (nSPS) is 14.2. The van der Waals surface area contributed by atoms with Gasteiger partial charge in [0.15, 0.2) is 12.2 Å². The fourth-order valence-corrected chi connectivity index (χ4v) is 14.1. The van der Waals surface area contributed by atoms with E-state index >= 15 is 0 Å². The summed E-state index contributed by atoms with van der Waals surface area (Å²) in [6.45, 7) is 9.48. The minimum Gasteiger partial charge on any atom is -0.462 e. The molecule has 0 radical (unpaired) electrons. The molecule has 0 aromatic carbocycles.